The Bertz CT molecular complexity index is 256. The van der Waals surface area contributed by atoms with Crippen molar-refractivity contribution in [2.75, 3.05) is 5.73 Å². The van der Waals surface area contributed by atoms with Crippen molar-refractivity contribution in [1.82, 2.24) is 4.98 Å². The van der Waals surface area contributed by atoms with E-state index in [1.54, 1.807) is 12.1 Å². The monoisotopic (exact) mass is 152 g/mol. The molecule has 0 unspecified atom stereocenters. The van der Waals surface area contributed by atoms with E-state index in [0.29, 0.717) is 11.6 Å². The summed E-state index contributed by atoms with van der Waals surface area (Å²) in [4.78, 5) is 14.1. The number of nitrogens with zero attached hydrogens (tertiary/aromatic N) is 1. The van der Waals surface area contributed by atoms with E-state index in [-0.39, 0.29) is 5.97 Å². The second-order valence-electron chi connectivity index (χ2n) is 2.01. The van der Waals surface area contributed by atoms with Gasteiger partial charge in [0.2, 0.25) is 0 Å². The molecular weight excluding hydrogens is 144 g/mol. The third kappa shape index (κ3) is 2.25. The number of aromatic nitrogens is 1. The maximum absolute atomic E-state index is 10.4. The fraction of sp³-hybridized carbons (Fsp3) is 0.143. The Labute approximate surface area is 64.0 Å². The predicted octanol–water partition coefficient (Wildman–Crippen LogP) is 0.589. The molecule has 0 aromatic carbocycles. The third-order valence-corrected chi connectivity index (χ3v) is 1.02. The molecule has 58 valence electrons. The van der Waals surface area contributed by atoms with Gasteiger partial charge in [-0.05, 0) is 12.1 Å². The summed E-state index contributed by atoms with van der Waals surface area (Å²) in [5.41, 5.74) is 5.31. The number of pyridine rings is 1. The molecule has 11 heavy (non-hydrogen) atoms. The first-order chi connectivity index (χ1) is 5.18. The van der Waals surface area contributed by atoms with Gasteiger partial charge in [-0.3, -0.25) is 4.79 Å². The van der Waals surface area contributed by atoms with Crippen molar-refractivity contribution in [1.29, 1.82) is 0 Å². The summed E-state index contributed by atoms with van der Waals surface area (Å²) in [7, 11) is 0. The van der Waals surface area contributed by atoms with E-state index in [2.05, 4.69) is 4.98 Å². The molecule has 0 aliphatic heterocycles. The maximum Gasteiger partial charge on any atom is 0.308 e. The molecule has 0 aliphatic carbocycles. The molecule has 2 N–H and O–H groups in total. The summed E-state index contributed by atoms with van der Waals surface area (Å²) in [6.45, 7) is 1.33. The lowest BCUT2D eigenvalue weighted by atomic mass is 10.4. The van der Waals surface area contributed by atoms with Gasteiger partial charge in [0.15, 0.2) is 0 Å². The first-order valence-electron chi connectivity index (χ1n) is 3.08. The number of hydrogen-bond donors (Lipinski definition) is 1. The molecule has 1 rings (SSSR count). The largest absolute Gasteiger partial charge is 0.425 e. The van der Waals surface area contributed by atoms with Crippen LogP contribution in [0.15, 0.2) is 18.3 Å². The number of anilines is 1. The van der Waals surface area contributed by atoms with Crippen molar-refractivity contribution in [3.05, 3.63) is 18.3 Å². The highest BCUT2D eigenvalue weighted by Gasteiger charge is 1.96. The number of ether oxygens (including phenoxy) is 1. The van der Waals surface area contributed by atoms with E-state index in [1.807, 2.05) is 0 Å². The van der Waals surface area contributed by atoms with Gasteiger partial charge in [0.25, 0.3) is 0 Å². The fourth-order valence-corrected chi connectivity index (χ4v) is 0.618. The number of carbonyl (C=O) groups is 1. The smallest absolute Gasteiger partial charge is 0.308 e. The Balaban J connectivity index is 2.74. The van der Waals surface area contributed by atoms with E-state index in [1.165, 1.54) is 13.1 Å². The fourth-order valence-electron chi connectivity index (χ4n) is 0.618. The van der Waals surface area contributed by atoms with Crippen LogP contribution in [0.1, 0.15) is 6.92 Å². The minimum Gasteiger partial charge on any atom is -0.425 e. The van der Waals surface area contributed by atoms with Gasteiger partial charge < -0.3 is 10.5 Å². The normalized spacial score (nSPS) is 9.18. The number of nitrogens with two attached hydrogens (primary N) is 1. The predicted molar refractivity (Wildman–Crippen MR) is 40.0 cm³/mol. The number of hydrogen-bond acceptors (Lipinski definition) is 4. The van der Waals surface area contributed by atoms with Gasteiger partial charge in [0.1, 0.15) is 11.6 Å². The molecule has 0 saturated carbocycles. The molecule has 0 amide bonds. The topological polar surface area (TPSA) is 65.2 Å². The molecule has 0 aliphatic rings. The molecule has 0 spiro atoms. The van der Waals surface area contributed by atoms with Gasteiger partial charge >= 0.3 is 5.97 Å². The lowest BCUT2D eigenvalue weighted by Crippen LogP contribution is -2.01. The zero-order chi connectivity index (χ0) is 8.27. The summed E-state index contributed by atoms with van der Waals surface area (Å²) in [5.74, 6) is 0.448. The number of nitrogen functional groups attached to an aromatic ring is 1. The number of rotatable bonds is 1. The van der Waals surface area contributed by atoms with Crippen LogP contribution in [0.25, 0.3) is 0 Å². The van der Waals surface area contributed by atoms with Crippen molar-refractivity contribution < 1.29 is 9.53 Å². The van der Waals surface area contributed by atoms with Crippen LogP contribution in [0, 0.1) is 0 Å². The summed E-state index contributed by atoms with van der Waals surface area (Å²) in [6, 6.07) is 3.15. The van der Waals surface area contributed by atoms with Gasteiger partial charge in [-0.2, -0.15) is 0 Å². The molecule has 4 heteroatoms. The zero-order valence-corrected chi connectivity index (χ0v) is 6.07. The third-order valence-electron chi connectivity index (χ3n) is 1.02. The van der Waals surface area contributed by atoms with Crippen molar-refractivity contribution in [3.63, 3.8) is 0 Å². The molecule has 0 radical (unpaired) electrons. The van der Waals surface area contributed by atoms with Gasteiger partial charge in [-0.25, -0.2) is 4.98 Å². The zero-order valence-electron chi connectivity index (χ0n) is 6.07. The van der Waals surface area contributed by atoms with Crippen molar-refractivity contribution in [2.45, 2.75) is 6.92 Å². The van der Waals surface area contributed by atoms with Crippen LogP contribution in [0.4, 0.5) is 5.82 Å². The standard InChI is InChI=1S/C7H8N2O2/c1-5(10)11-6-2-3-7(8)9-4-6/h2-4H,1H3,(H2,8,9). The van der Waals surface area contributed by atoms with E-state index in [0.717, 1.165) is 0 Å². The van der Waals surface area contributed by atoms with E-state index in [9.17, 15) is 4.79 Å². The second-order valence-corrected chi connectivity index (χ2v) is 2.01. The highest BCUT2D eigenvalue weighted by atomic mass is 16.5. The minimum absolute atomic E-state index is 0.364. The highest BCUT2D eigenvalue weighted by Crippen LogP contribution is 2.09. The first kappa shape index (κ1) is 7.53. The summed E-state index contributed by atoms with van der Waals surface area (Å²) in [6.07, 6.45) is 1.40. The van der Waals surface area contributed by atoms with Gasteiger partial charge in [0, 0.05) is 6.92 Å². The van der Waals surface area contributed by atoms with Crippen LogP contribution in [0.2, 0.25) is 0 Å². The molecule has 0 bridgehead atoms. The van der Waals surface area contributed by atoms with Gasteiger partial charge in [0.05, 0.1) is 6.20 Å². The van der Waals surface area contributed by atoms with Crippen LogP contribution in [-0.4, -0.2) is 11.0 Å². The lowest BCUT2D eigenvalue weighted by Gasteiger charge is -1.98. The minimum atomic E-state index is -0.364. The SMILES string of the molecule is CC(=O)Oc1ccc(N)nc1. The Morgan fingerprint density at radius 1 is 1.64 bits per heavy atom. The van der Waals surface area contributed by atoms with Crippen molar-refractivity contribution in [3.8, 4) is 5.75 Å². The molecule has 0 atom stereocenters. The number of esters is 1. The Morgan fingerprint density at radius 2 is 2.36 bits per heavy atom. The first-order valence-corrected chi connectivity index (χ1v) is 3.08. The molecule has 1 aromatic heterocycles. The van der Waals surface area contributed by atoms with E-state index in [4.69, 9.17) is 10.5 Å². The molecule has 0 fully saturated rings. The molecule has 1 heterocycles. The van der Waals surface area contributed by atoms with Crippen LogP contribution in [-0.2, 0) is 4.79 Å². The van der Waals surface area contributed by atoms with Crippen molar-refractivity contribution in [2.24, 2.45) is 0 Å². The Kier molecular flexibility index (Phi) is 2.06. The second kappa shape index (κ2) is 3.01. The number of carbonyl (C=O) groups excluding carboxylic acids is 1. The molecule has 1 aromatic rings. The van der Waals surface area contributed by atoms with Crippen LogP contribution in [0.5, 0.6) is 5.75 Å². The average Bonchev–Trinajstić information content (AvgIpc) is 1.93. The van der Waals surface area contributed by atoms with Gasteiger partial charge in [-0.15, -0.1) is 0 Å². The lowest BCUT2D eigenvalue weighted by molar-refractivity contribution is -0.131. The van der Waals surface area contributed by atoms with E-state index < -0.39 is 0 Å². The summed E-state index contributed by atoms with van der Waals surface area (Å²) in [5, 5.41) is 0. The Morgan fingerprint density at radius 3 is 2.82 bits per heavy atom. The maximum atomic E-state index is 10.4. The van der Waals surface area contributed by atoms with Crippen LogP contribution in [0.3, 0.4) is 0 Å². The highest BCUT2D eigenvalue weighted by molar-refractivity contribution is 5.69. The quantitative estimate of drug-likeness (QED) is 0.598. The molecule has 0 saturated heterocycles. The van der Waals surface area contributed by atoms with Crippen LogP contribution >= 0.6 is 0 Å². The van der Waals surface area contributed by atoms with Gasteiger partial charge in [-0.1, -0.05) is 0 Å². The Hall–Kier alpha value is -1.58. The molecule has 4 nitrogen and oxygen atoms in total. The summed E-state index contributed by atoms with van der Waals surface area (Å²) < 4.78 is 4.71. The van der Waals surface area contributed by atoms with E-state index >= 15 is 0 Å². The van der Waals surface area contributed by atoms with Crippen molar-refractivity contribution >= 4 is 11.8 Å². The molecular formula is C7H8N2O2. The summed E-state index contributed by atoms with van der Waals surface area (Å²) >= 11 is 0. The van der Waals surface area contributed by atoms with Crippen LogP contribution < -0.4 is 10.5 Å². The average molecular weight is 152 g/mol.